The van der Waals surface area contributed by atoms with Gasteiger partial charge < -0.3 is 20.1 Å². The van der Waals surface area contributed by atoms with Gasteiger partial charge in [0.05, 0.1) is 17.8 Å². The highest BCUT2D eigenvalue weighted by molar-refractivity contribution is 9.10. The molecule has 1 aromatic carbocycles. The van der Waals surface area contributed by atoms with Crippen molar-refractivity contribution in [2.24, 2.45) is 10.8 Å². The molecule has 0 aliphatic heterocycles. The summed E-state index contributed by atoms with van der Waals surface area (Å²) in [5.41, 5.74) is 7.64. The minimum absolute atomic E-state index is 0.112. The highest BCUT2D eigenvalue weighted by Crippen LogP contribution is 2.36. The lowest BCUT2D eigenvalue weighted by Crippen LogP contribution is -2.27. The molecule has 0 aliphatic carbocycles. The maximum atomic E-state index is 11.6. The van der Waals surface area contributed by atoms with Crippen LogP contribution in [0.2, 0.25) is 0 Å². The number of carbonyl (C=O) groups is 2. The maximum Gasteiger partial charge on any atom is 0.332 e. The Kier molecular flexibility index (Phi) is 6.64. The van der Waals surface area contributed by atoms with E-state index in [9.17, 15) is 9.59 Å². The van der Waals surface area contributed by atoms with Crippen molar-refractivity contribution in [1.82, 2.24) is 10.3 Å². The fourth-order valence-corrected chi connectivity index (χ4v) is 1.96. The first-order chi connectivity index (χ1) is 10.3. The van der Waals surface area contributed by atoms with Crippen molar-refractivity contribution in [2.45, 2.75) is 0 Å². The van der Waals surface area contributed by atoms with Crippen LogP contribution in [0, 0.1) is 0 Å². The molecule has 0 bridgehead atoms. The quantitative estimate of drug-likeness (QED) is 0.571. The minimum Gasteiger partial charge on any atom is -0.493 e. The van der Waals surface area contributed by atoms with Gasteiger partial charge in [0.2, 0.25) is 0 Å². The molecule has 0 saturated carbocycles. The number of likely N-dealkylation sites (N-methyl/N-ethyl adjacent to an activating group) is 1. The van der Waals surface area contributed by atoms with Gasteiger partial charge in [0.25, 0.3) is 5.91 Å². The number of amides is 3. The number of methoxy groups -OCH3 is 1. The largest absolute Gasteiger partial charge is 0.493 e. The van der Waals surface area contributed by atoms with Gasteiger partial charge in [-0.05, 0) is 33.6 Å². The molecular weight excluding hydrogens is 356 g/mol. The van der Waals surface area contributed by atoms with Crippen LogP contribution in [0.4, 0.5) is 4.79 Å². The van der Waals surface area contributed by atoms with E-state index < -0.39 is 6.03 Å². The summed E-state index contributed by atoms with van der Waals surface area (Å²) in [6.45, 7) is -0.112. The Balaban J connectivity index is 2.93. The zero-order valence-electron chi connectivity index (χ0n) is 12.4. The van der Waals surface area contributed by atoms with Crippen LogP contribution in [0.5, 0.6) is 11.5 Å². The van der Waals surface area contributed by atoms with E-state index in [0.717, 1.165) is 0 Å². The summed E-state index contributed by atoms with van der Waals surface area (Å²) in [5.74, 6) is 0.643. The van der Waals surface area contributed by atoms with E-state index in [1.807, 2.05) is 0 Å². The number of nitrogens with zero attached hydrogens (tertiary/aromatic N) is 2. The van der Waals surface area contributed by atoms with Crippen molar-refractivity contribution in [1.29, 1.82) is 0 Å². The summed E-state index contributed by atoms with van der Waals surface area (Å²) >= 11 is 3.34. The van der Waals surface area contributed by atoms with E-state index in [1.54, 1.807) is 26.2 Å². The molecule has 0 radical (unpaired) electrons. The molecule has 0 spiro atoms. The number of nitrogens with two attached hydrogens (primary N) is 1. The SMILES string of the molecule is COc1cc(C=NNC(N)=O)cc(Br)c1OCC(=O)N(C)C. The third-order valence-corrected chi connectivity index (χ3v) is 3.07. The van der Waals surface area contributed by atoms with Gasteiger partial charge in [-0.3, -0.25) is 4.79 Å². The Hall–Kier alpha value is -2.29. The van der Waals surface area contributed by atoms with Crippen molar-refractivity contribution in [3.8, 4) is 11.5 Å². The van der Waals surface area contributed by atoms with Gasteiger partial charge >= 0.3 is 6.03 Å². The topological polar surface area (TPSA) is 106 Å². The molecular formula is C13H17BrN4O4. The van der Waals surface area contributed by atoms with Crippen LogP contribution >= 0.6 is 15.9 Å². The zero-order chi connectivity index (χ0) is 16.7. The molecule has 1 aromatic rings. The molecule has 3 amide bonds. The Bertz CT molecular complexity index is 590. The van der Waals surface area contributed by atoms with E-state index in [1.165, 1.54) is 18.2 Å². The number of hydrogen-bond donors (Lipinski definition) is 2. The number of primary amides is 1. The fourth-order valence-electron chi connectivity index (χ4n) is 1.39. The molecule has 0 unspecified atom stereocenters. The zero-order valence-corrected chi connectivity index (χ0v) is 14.0. The summed E-state index contributed by atoms with van der Waals surface area (Å²) in [5, 5.41) is 3.66. The second kappa shape index (κ2) is 8.23. The second-order valence-electron chi connectivity index (χ2n) is 4.35. The molecule has 22 heavy (non-hydrogen) atoms. The van der Waals surface area contributed by atoms with Crippen LogP contribution < -0.4 is 20.6 Å². The number of nitrogens with one attached hydrogen (secondary N) is 1. The first kappa shape index (κ1) is 17.8. The average molecular weight is 373 g/mol. The predicted octanol–water partition coefficient (Wildman–Crippen LogP) is 0.927. The highest BCUT2D eigenvalue weighted by Gasteiger charge is 2.13. The van der Waals surface area contributed by atoms with Gasteiger partial charge in [-0.15, -0.1) is 0 Å². The monoisotopic (exact) mass is 372 g/mol. The molecule has 0 fully saturated rings. The Morgan fingerprint density at radius 1 is 1.45 bits per heavy atom. The molecule has 0 atom stereocenters. The van der Waals surface area contributed by atoms with E-state index >= 15 is 0 Å². The van der Waals surface area contributed by atoms with Crippen LogP contribution in [0.1, 0.15) is 5.56 Å². The average Bonchev–Trinajstić information content (AvgIpc) is 2.44. The number of benzene rings is 1. The lowest BCUT2D eigenvalue weighted by Gasteiger charge is -2.15. The minimum atomic E-state index is -0.760. The lowest BCUT2D eigenvalue weighted by atomic mass is 10.2. The number of rotatable bonds is 6. The molecule has 9 heteroatoms. The van der Waals surface area contributed by atoms with E-state index in [0.29, 0.717) is 21.5 Å². The molecule has 0 aromatic heterocycles. The highest BCUT2D eigenvalue weighted by atomic mass is 79.9. The molecule has 0 heterocycles. The van der Waals surface area contributed by atoms with Crippen molar-refractivity contribution >= 4 is 34.1 Å². The van der Waals surface area contributed by atoms with E-state index in [2.05, 4.69) is 26.5 Å². The normalized spacial score (nSPS) is 10.4. The summed E-state index contributed by atoms with van der Waals surface area (Å²) in [6.07, 6.45) is 1.40. The van der Waals surface area contributed by atoms with Crippen molar-refractivity contribution in [3.05, 3.63) is 22.2 Å². The summed E-state index contributed by atoms with van der Waals surface area (Å²) in [6, 6.07) is 2.58. The van der Waals surface area contributed by atoms with Crippen LogP contribution in [-0.2, 0) is 4.79 Å². The Labute approximate surface area is 136 Å². The number of ether oxygens (including phenoxy) is 2. The molecule has 0 saturated heterocycles. The first-order valence-corrected chi connectivity index (χ1v) is 6.93. The van der Waals surface area contributed by atoms with E-state index in [4.69, 9.17) is 15.2 Å². The molecule has 8 nitrogen and oxygen atoms in total. The van der Waals surface area contributed by atoms with Crippen molar-refractivity contribution in [3.63, 3.8) is 0 Å². The third kappa shape index (κ3) is 5.24. The summed E-state index contributed by atoms with van der Waals surface area (Å²) < 4.78 is 11.3. The van der Waals surface area contributed by atoms with Gasteiger partial charge in [0, 0.05) is 14.1 Å². The lowest BCUT2D eigenvalue weighted by molar-refractivity contribution is -0.130. The number of hydrogen-bond acceptors (Lipinski definition) is 5. The number of hydrazone groups is 1. The first-order valence-electron chi connectivity index (χ1n) is 6.14. The van der Waals surface area contributed by atoms with Crippen molar-refractivity contribution in [2.75, 3.05) is 27.8 Å². The second-order valence-corrected chi connectivity index (χ2v) is 5.20. The van der Waals surface area contributed by atoms with Gasteiger partial charge in [-0.1, -0.05) is 0 Å². The van der Waals surface area contributed by atoms with Gasteiger partial charge in [-0.2, -0.15) is 5.10 Å². The molecule has 0 aliphatic rings. The molecule has 120 valence electrons. The van der Waals surface area contributed by atoms with Crippen LogP contribution in [0.3, 0.4) is 0 Å². The third-order valence-electron chi connectivity index (χ3n) is 2.48. The van der Waals surface area contributed by atoms with Gasteiger partial charge in [-0.25, -0.2) is 10.2 Å². The Morgan fingerprint density at radius 3 is 2.68 bits per heavy atom. The fraction of sp³-hybridized carbons (Fsp3) is 0.308. The van der Waals surface area contributed by atoms with Crippen LogP contribution in [0.15, 0.2) is 21.7 Å². The standard InChI is InChI=1S/C13H17BrN4O4/c1-18(2)11(19)7-22-12-9(14)4-8(5-10(12)21-3)6-16-17-13(15)20/h4-6H,7H2,1-3H3,(H3,15,17,20). The number of urea groups is 1. The van der Waals surface area contributed by atoms with Gasteiger partial charge in [0.15, 0.2) is 18.1 Å². The molecule has 3 N–H and O–H groups in total. The van der Waals surface area contributed by atoms with E-state index in [-0.39, 0.29) is 12.5 Å². The summed E-state index contributed by atoms with van der Waals surface area (Å²) in [7, 11) is 4.76. The number of carbonyl (C=O) groups excluding carboxylic acids is 2. The predicted molar refractivity (Wildman–Crippen MR) is 85.2 cm³/mol. The smallest absolute Gasteiger partial charge is 0.332 e. The van der Waals surface area contributed by atoms with Crippen LogP contribution in [-0.4, -0.2) is 50.9 Å². The molecule has 1 rings (SSSR count). The summed E-state index contributed by atoms with van der Waals surface area (Å²) in [4.78, 5) is 23.5. The number of halogens is 1. The van der Waals surface area contributed by atoms with Gasteiger partial charge in [0.1, 0.15) is 0 Å². The Morgan fingerprint density at radius 2 is 2.14 bits per heavy atom. The van der Waals surface area contributed by atoms with Crippen molar-refractivity contribution < 1.29 is 19.1 Å². The maximum absolute atomic E-state index is 11.6. The van der Waals surface area contributed by atoms with Crippen LogP contribution in [0.25, 0.3) is 0 Å².